The monoisotopic (exact) mass is 508 g/mol. The number of ether oxygens (including phenoxy) is 1. The van der Waals surface area contributed by atoms with E-state index in [1.54, 1.807) is 0 Å². The normalized spacial score (nSPS) is 33.5. The predicted molar refractivity (Wildman–Crippen MR) is 126 cm³/mol. The zero-order valence-electron chi connectivity index (χ0n) is 16.8. The Balaban J connectivity index is 0.00000210. The lowest BCUT2D eigenvalue weighted by molar-refractivity contribution is 0.0671. The van der Waals surface area contributed by atoms with Gasteiger partial charge in [-0.1, -0.05) is 19.3 Å². The van der Waals surface area contributed by atoms with Gasteiger partial charge in [-0.05, 0) is 39.0 Å². The van der Waals surface area contributed by atoms with Crippen LogP contribution in [0.3, 0.4) is 0 Å². The summed E-state index contributed by atoms with van der Waals surface area (Å²) >= 11 is 2.11. The highest BCUT2D eigenvalue weighted by molar-refractivity contribution is 14.0. The van der Waals surface area contributed by atoms with Gasteiger partial charge in [0.25, 0.3) is 0 Å². The molecule has 0 aromatic heterocycles. The van der Waals surface area contributed by atoms with Gasteiger partial charge in [0, 0.05) is 36.7 Å². The van der Waals surface area contributed by atoms with Crippen molar-refractivity contribution in [2.24, 2.45) is 4.99 Å². The van der Waals surface area contributed by atoms with Gasteiger partial charge < -0.3 is 15.4 Å². The van der Waals surface area contributed by atoms with Crippen LogP contribution in [0.25, 0.3) is 0 Å². The molecule has 3 heterocycles. The minimum absolute atomic E-state index is 0. The SMILES string of the molecule is CCNC(=NCC1(N2CCSCC2)CCCCC1)NC1CC2CCC1O2.I. The Morgan fingerprint density at radius 3 is 2.59 bits per heavy atom. The number of thioether (sulfide) groups is 1. The van der Waals surface area contributed by atoms with Crippen molar-refractivity contribution in [2.75, 3.05) is 37.7 Å². The minimum Gasteiger partial charge on any atom is -0.373 e. The van der Waals surface area contributed by atoms with Crippen molar-refractivity contribution in [2.45, 2.75) is 82.1 Å². The van der Waals surface area contributed by atoms with Crippen LogP contribution < -0.4 is 10.6 Å². The summed E-state index contributed by atoms with van der Waals surface area (Å²) in [5.41, 5.74) is 0.298. The molecule has 0 aromatic carbocycles. The van der Waals surface area contributed by atoms with E-state index in [4.69, 9.17) is 9.73 Å². The number of hydrogen-bond donors (Lipinski definition) is 2. The van der Waals surface area contributed by atoms with Crippen LogP contribution in [0.5, 0.6) is 0 Å². The first-order chi connectivity index (χ1) is 12.8. The van der Waals surface area contributed by atoms with E-state index in [-0.39, 0.29) is 24.0 Å². The highest BCUT2D eigenvalue weighted by Gasteiger charge is 2.42. The van der Waals surface area contributed by atoms with Gasteiger partial charge in [0.15, 0.2) is 5.96 Å². The summed E-state index contributed by atoms with van der Waals surface area (Å²) in [7, 11) is 0. The van der Waals surface area contributed by atoms with Crippen LogP contribution in [-0.2, 0) is 4.74 Å². The van der Waals surface area contributed by atoms with E-state index in [0.29, 0.717) is 23.8 Å². The summed E-state index contributed by atoms with van der Waals surface area (Å²) in [5, 5.41) is 7.19. The average molecular weight is 509 g/mol. The molecule has 2 N–H and O–H groups in total. The van der Waals surface area contributed by atoms with Crippen molar-refractivity contribution in [3.8, 4) is 0 Å². The van der Waals surface area contributed by atoms with E-state index in [0.717, 1.165) is 25.5 Å². The quantitative estimate of drug-likeness (QED) is 0.339. The molecule has 7 heteroatoms. The van der Waals surface area contributed by atoms with Crippen LogP contribution in [0.15, 0.2) is 4.99 Å². The molecule has 3 atom stereocenters. The molecule has 156 valence electrons. The molecule has 0 amide bonds. The number of halogens is 1. The van der Waals surface area contributed by atoms with Crippen LogP contribution in [0.1, 0.15) is 58.3 Å². The highest BCUT2D eigenvalue weighted by Crippen LogP contribution is 2.36. The van der Waals surface area contributed by atoms with Gasteiger partial charge in [0.05, 0.1) is 24.8 Å². The fourth-order valence-electron chi connectivity index (χ4n) is 5.33. The van der Waals surface area contributed by atoms with Crippen molar-refractivity contribution in [1.29, 1.82) is 0 Å². The van der Waals surface area contributed by atoms with Gasteiger partial charge in [-0.3, -0.25) is 9.89 Å². The summed E-state index contributed by atoms with van der Waals surface area (Å²) in [6.45, 7) is 6.50. The first-order valence-electron chi connectivity index (χ1n) is 10.8. The second-order valence-electron chi connectivity index (χ2n) is 8.44. The van der Waals surface area contributed by atoms with Crippen molar-refractivity contribution in [3.63, 3.8) is 0 Å². The maximum Gasteiger partial charge on any atom is 0.191 e. The second-order valence-corrected chi connectivity index (χ2v) is 9.66. The van der Waals surface area contributed by atoms with Crippen molar-refractivity contribution in [3.05, 3.63) is 0 Å². The van der Waals surface area contributed by atoms with Crippen molar-refractivity contribution in [1.82, 2.24) is 15.5 Å². The molecule has 3 aliphatic heterocycles. The molecule has 4 fully saturated rings. The Labute approximate surface area is 186 Å². The van der Waals surface area contributed by atoms with Crippen LogP contribution in [0.4, 0.5) is 0 Å². The first kappa shape index (κ1) is 22.0. The molecule has 4 aliphatic rings. The predicted octanol–water partition coefficient (Wildman–Crippen LogP) is 3.23. The molecule has 1 aliphatic carbocycles. The molecule has 2 bridgehead atoms. The van der Waals surface area contributed by atoms with E-state index in [1.165, 1.54) is 69.5 Å². The number of hydrogen-bond acceptors (Lipinski definition) is 4. The first-order valence-corrected chi connectivity index (χ1v) is 12.0. The van der Waals surface area contributed by atoms with Gasteiger partial charge in [-0.2, -0.15) is 11.8 Å². The summed E-state index contributed by atoms with van der Waals surface area (Å²) in [5.74, 6) is 3.57. The lowest BCUT2D eigenvalue weighted by Gasteiger charge is -2.47. The Kier molecular flexibility index (Phi) is 8.42. The molecule has 0 spiro atoms. The molecule has 3 unspecified atom stereocenters. The van der Waals surface area contributed by atoms with E-state index in [2.05, 4.69) is 34.2 Å². The third-order valence-electron chi connectivity index (χ3n) is 6.77. The zero-order chi connectivity index (χ0) is 17.8. The van der Waals surface area contributed by atoms with Crippen LogP contribution in [-0.4, -0.2) is 72.3 Å². The van der Waals surface area contributed by atoms with Gasteiger partial charge >= 0.3 is 0 Å². The highest BCUT2D eigenvalue weighted by atomic mass is 127. The van der Waals surface area contributed by atoms with Crippen molar-refractivity contribution >= 4 is 41.7 Å². The molecular weight excluding hydrogens is 471 g/mol. The topological polar surface area (TPSA) is 48.9 Å². The Morgan fingerprint density at radius 1 is 1.19 bits per heavy atom. The molecule has 5 nitrogen and oxygen atoms in total. The van der Waals surface area contributed by atoms with Crippen LogP contribution >= 0.6 is 35.7 Å². The zero-order valence-corrected chi connectivity index (χ0v) is 19.9. The largest absolute Gasteiger partial charge is 0.373 e. The van der Waals surface area contributed by atoms with Crippen LogP contribution in [0, 0.1) is 0 Å². The fraction of sp³-hybridized carbons (Fsp3) is 0.950. The molecule has 0 radical (unpaired) electrons. The average Bonchev–Trinajstić information content (AvgIpc) is 3.31. The molecule has 27 heavy (non-hydrogen) atoms. The van der Waals surface area contributed by atoms with Gasteiger partial charge in [0.2, 0.25) is 0 Å². The second kappa shape index (κ2) is 10.3. The Morgan fingerprint density at radius 2 is 1.96 bits per heavy atom. The van der Waals surface area contributed by atoms with E-state index in [1.807, 2.05) is 0 Å². The lowest BCUT2D eigenvalue weighted by atomic mass is 9.80. The standard InChI is InChI=1S/C20H36N4OS.HI/c1-2-21-19(23-17-14-16-6-7-18(17)25-16)22-15-20(8-4-3-5-9-20)24-10-12-26-13-11-24;/h16-18H,2-15H2,1H3,(H2,21,22,23);1H. The van der Waals surface area contributed by atoms with E-state index >= 15 is 0 Å². The number of nitrogens with one attached hydrogen (secondary N) is 2. The van der Waals surface area contributed by atoms with Gasteiger partial charge in [0.1, 0.15) is 0 Å². The number of guanidine groups is 1. The summed E-state index contributed by atoms with van der Waals surface area (Å²) in [6, 6.07) is 0.445. The minimum atomic E-state index is 0. The third kappa shape index (κ3) is 5.25. The van der Waals surface area contributed by atoms with Crippen LogP contribution in [0.2, 0.25) is 0 Å². The summed E-state index contributed by atoms with van der Waals surface area (Å²) in [4.78, 5) is 7.90. The summed E-state index contributed by atoms with van der Waals surface area (Å²) in [6.07, 6.45) is 11.2. The maximum atomic E-state index is 6.02. The van der Waals surface area contributed by atoms with Gasteiger partial charge in [-0.15, -0.1) is 24.0 Å². The number of fused-ring (bicyclic) bond motifs is 2. The molecule has 3 saturated heterocycles. The van der Waals surface area contributed by atoms with Gasteiger partial charge in [-0.25, -0.2) is 0 Å². The van der Waals surface area contributed by atoms with Crippen molar-refractivity contribution < 1.29 is 4.74 Å². The Hall–Kier alpha value is 0.270. The fourth-order valence-corrected chi connectivity index (χ4v) is 6.24. The molecule has 4 rings (SSSR count). The Bertz CT molecular complexity index is 494. The van der Waals surface area contributed by atoms with E-state index in [9.17, 15) is 0 Å². The maximum absolute atomic E-state index is 6.02. The smallest absolute Gasteiger partial charge is 0.191 e. The van der Waals surface area contributed by atoms with E-state index < -0.39 is 0 Å². The summed E-state index contributed by atoms with van der Waals surface area (Å²) < 4.78 is 6.02. The number of nitrogens with zero attached hydrogens (tertiary/aromatic N) is 2. The number of rotatable bonds is 5. The third-order valence-corrected chi connectivity index (χ3v) is 7.71. The molecule has 0 aromatic rings. The molecule has 1 saturated carbocycles. The molecular formula is C20H37IN4OS. The lowest BCUT2D eigenvalue weighted by Crippen LogP contribution is -2.56. The number of aliphatic imine (C=N–C) groups is 1.